The van der Waals surface area contributed by atoms with E-state index in [1.807, 2.05) is 13.2 Å². The highest BCUT2D eigenvalue weighted by atomic mass is 79.9. The van der Waals surface area contributed by atoms with Crippen LogP contribution in [-0.2, 0) is 12.5 Å². The molecular formula is C12H14BrClN4. The fourth-order valence-electron chi connectivity index (χ4n) is 1.68. The van der Waals surface area contributed by atoms with E-state index in [1.54, 1.807) is 10.9 Å². The van der Waals surface area contributed by atoms with Crippen LogP contribution in [0.15, 0.2) is 16.9 Å². The minimum Gasteiger partial charge on any atom is -0.275 e. The molecule has 4 nitrogen and oxygen atoms in total. The van der Waals surface area contributed by atoms with Gasteiger partial charge in [0.05, 0.1) is 15.7 Å². The van der Waals surface area contributed by atoms with Gasteiger partial charge in [-0.15, -0.1) is 0 Å². The molecule has 0 aliphatic carbocycles. The SMILES string of the molecule is Cn1cc(-c2ncc(Br)c(Cl)n2)c(C(C)(C)C)n1. The van der Waals surface area contributed by atoms with Crippen LogP contribution in [0.3, 0.4) is 0 Å². The molecule has 0 aliphatic heterocycles. The normalized spacial score (nSPS) is 11.9. The largest absolute Gasteiger partial charge is 0.275 e. The predicted molar refractivity (Wildman–Crippen MR) is 75.6 cm³/mol. The maximum absolute atomic E-state index is 6.01. The average molecular weight is 330 g/mol. The van der Waals surface area contributed by atoms with Gasteiger partial charge in [-0.25, -0.2) is 9.97 Å². The first-order chi connectivity index (χ1) is 8.29. The first-order valence-electron chi connectivity index (χ1n) is 5.51. The van der Waals surface area contributed by atoms with Crippen LogP contribution in [0.4, 0.5) is 0 Å². The standard InChI is InChI=1S/C12H14BrClN4/c1-12(2,3)9-7(6-18(4)17-9)11-15-5-8(13)10(14)16-11/h5-6H,1-4H3. The topological polar surface area (TPSA) is 43.6 Å². The monoisotopic (exact) mass is 328 g/mol. The summed E-state index contributed by atoms with van der Waals surface area (Å²) in [5.41, 5.74) is 1.81. The molecule has 0 fully saturated rings. The van der Waals surface area contributed by atoms with Gasteiger partial charge in [0.25, 0.3) is 0 Å². The van der Waals surface area contributed by atoms with Gasteiger partial charge in [0.1, 0.15) is 5.15 Å². The van der Waals surface area contributed by atoms with Crippen LogP contribution in [0.1, 0.15) is 26.5 Å². The Hall–Kier alpha value is -0.940. The molecular weight excluding hydrogens is 316 g/mol. The van der Waals surface area contributed by atoms with Crippen molar-refractivity contribution in [1.82, 2.24) is 19.7 Å². The Balaban J connectivity index is 2.60. The van der Waals surface area contributed by atoms with Gasteiger partial charge in [0.15, 0.2) is 5.82 Å². The van der Waals surface area contributed by atoms with E-state index in [2.05, 4.69) is 51.8 Å². The summed E-state index contributed by atoms with van der Waals surface area (Å²) in [6.45, 7) is 6.33. The molecule has 6 heteroatoms. The van der Waals surface area contributed by atoms with Gasteiger partial charge in [-0.1, -0.05) is 32.4 Å². The van der Waals surface area contributed by atoms with Crippen LogP contribution in [0.5, 0.6) is 0 Å². The van der Waals surface area contributed by atoms with Crippen LogP contribution >= 0.6 is 27.5 Å². The zero-order valence-electron chi connectivity index (χ0n) is 10.7. The molecule has 0 unspecified atom stereocenters. The molecule has 0 atom stereocenters. The lowest BCUT2D eigenvalue weighted by Gasteiger charge is -2.16. The van der Waals surface area contributed by atoms with Gasteiger partial charge < -0.3 is 0 Å². The first kappa shape index (κ1) is 13.5. The summed E-state index contributed by atoms with van der Waals surface area (Å²) < 4.78 is 2.46. The first-order valence-corrected chi connectivity index (χ1v) is 6.68. The van der Waals surface area contributed by atoms with Gasteiger partial charge in [-0.3, -0.25) is 4.68 Å². The number of rotatable bonds is 1. The van der Waals surface area contributed by atoms with E-state index < -0.39 is 0 Å². The summed E-state index contributed by atoms with van der Waals surface area (Å²) in [6.07, 6.45) is 3.57. The highest BCUT2D eigenvalue weighted by molar-refractivity contribution is 9.10. The quantitative estimate of drug-likeness (QED) is 0.751. The Bertz CT molecular complexity index is 586. The third-order valence-electron chi connectivity index (χ3n) is 2.48. The highest BCUT2D eigenvalue weighted by Gasteiger charge is 2.24. The van der Waals surface area contributed by atoms with Crippen LogP contribution in [0.2, 0.25) is 5.15 Å². The third kappa shape index (κ3) is 2.57. The maximum atomic E-state index is 6.01. The highest BCUT2D eigenvalue weighted by Crippen LogP contribution is 2.31. The van der Waals surface area contributed by atoms with Crippen molar-refractivity contribution in [3.8, 4) is 11.4 Å². The van der Waals surface area contributed by atoms with Crippen molar-refractivity contribution >= 4 is 27.5 Å². The zero-order chi connectivity index (χ0) is 13.5. The number of aromatic nitrogens is 4. The van der Waals surface area contributed by atoms with Crippen molar-refractivity contribution in [2.45, 2.75) is 26.2 Å². The Morgan fingerprint density at radius 3 is 2.56 bits per heavy atom. The number of hydrogen-bond donors (Lipinski definition) is 0. The lowest BCUT2D eigenvalue weighted by molar-refractivity contribution is 0.554. The van der Waals surface area contributed by atoms with Crippen molar-refractivity contribution in [3.63, 3.8) is 0 Å². The van der Waals surface area contributed by atoms with Crippen LogP contribution < -0.4 is 0 Å². The predicted octanol–water partition coefficient (Wildman–Crippen LogP) is 3.59. The smallest absolute Gasteiger partial charge is 0.164 e. The number of aryl methyl sites for hydroxylation is 1. The van der Waals surface area contributed by atoms with E-state index in [9.17, 15) is 0 Å². The zero-order valence-corrected chi connectivity index (χ0v) is 13.0. The summed E-state index contributed by atoms with van der Waals surface area (Å²) in [4.78, 5) is 8.59. The van der Waals surface area contributed by atoms with E-state index >= 15 is 0 Å². The second kappa shape index (κ2) is 4.63. The van der Waals surface area contributed by atoms with Gasteiger partial charge >= 0.3 is 0 Å². The number of hydrogen-bond acceptors (Lipinski definition) is 3. The van der Waals surface area contributed by atoms with Crippen LogP contribution in [0, 0.1) is 0 Å². The molecule has 2 rings (SSSR count). The van der Waals surface area contributed by atoms with E-state index in [1.165, 1.54) is 0 Å². The van der Waals surface area contributed by atoms with Gasteiger partial charge in [-0.2, -0.15) is 5.10 Å². The molecule has 2 aromatic heterocycles. The second-order valence-electron chi connectivity index (χ2n) is 5.15. The van der Waals surface area contributed by atoms with E-state index in [0.717, 1.165) is 11.3 Å². The summed E-state index contributed by atoms with van der Waals surface area (Å²) in [5, 5.41) is 4.90. The van der Waals surface area contributed by atoms with Crippen LogP contribution in [-0.4, -0.2) is 19.7 Å². The van der Waals surface area contributed by atoms with Crippen molar-refractivity contribution in [1.29, 1.82) is 0 Å². The summed E-state index contributed by atoms with van der Waals surface area (Å²) in [7, 11) is 1.89. The van der Waals surface area contributed by atoms with Gasteiger partial charge in [0, 0.05) is 24.9 Å². The fourth-order valence-corrected chi connectivity index (χ4v) is 2.00. The molecule has 0 aromatic carbocycles. The number of nitrogens with zero attached hydrogens (tertiary/aromatic N) is 4. The number of halogens is 2. The molecule has 0 spiro atoms. The summed E-state index contributed by atoms with van der Waals surface area (Å²) in [5.74, 6) is 0.598. The minimum absolute atomic E-state index is 0.0699. The third-order valence-corrected chi connectivity index (χ3v) is 3.58. The molecule has 0 bridgehead atoms. The molecule has 0 N–H and O–H groups in total. The average Bonchev–Trinajstić information content (AvgIpc) is 2.64. The Morgan fingerprint density at radius 1 is 1.33 bits per heavy atom. The van der Waals surface area contributed by atoms with E-state index in [-0.39, 0.29) is 5.41 Å². The second-order valence-corrected chi connectivity index (χ2v) is 6.36. The lowest BCUT2D eigenvalue weighted by Crippen LogP contribution is -2.14. The summed E-state index contributed by atoms with van der Waals surface area (Å²) >= 11 is 9.30. The molecule has 0 saturated carbocycles. The van der Waals surface area contributed by atoms with E-state index in [0.29, 0.717) is 15.5 Å². The molecule has 2 aromatic rings. The van der Waals surface area contributed by atoms with Crippen molar-refractivity contribution in [2.24, 2.45) is 7.05 Å². The molecule has 96 valence electrons. The lowest BCUT2D eigenvalue weighted by atomic mass is 9.89. The van der Waals surface area contributed by atoms with Crippen molar-refractivity contribution in [3.05, 3.63) is 27.7 Å². The molecule has 0 saturated heterocycles. The van der Waals surface area contributed by atoms with Crippen molar-refractivity contribution in [2.75, 3.05) is 0 Å². The summed E-state index contributed by atoms with van der Waals surface area (Å²) in [6, 6.07) is 0. The van der Waals surface area contributed by atoms with E-state index in [4.69, 9.17) is 11.6 Å². The minimum atomic E-state index is -0.0699. The Kier molecular flexibility index (Phi) is 3.47. The van der Waals surface area contributed by atoms with Gasteiger partial charge in [0.2, 0.25) is 0 Å². The molecule has 2 heterocycles. The fraction of sp³-hybridized carbons (Fsp3) is 0.417. The Morgan fingerprint density at radius 2 is 2.00 bits per heavy atom. The maximum Gasteiger partial charge on any atom is 0.164 e. The Labute approximate surface area is 120 Å². The molecule has 0 aliphatic rings. The van der Waals surface area contributed by atoms with Crippen molar-refractivity contribution < 1.29 is 0 Å². The molecule has 18 heavy (non-hydrogen) atoms. The van der Waals surface area contributed by atoms with Gasteiger partial charge in [-0.05, 0) is 15.9 Å². The molecule has 0 amide bonds. The molecule has 0 radical (unpaired) electrons. The van der Waals surface area contributed by atoms with Crippen LogP contribution in [0.25, 0.3) is 11.4 Å².